The third kappa shape index (κ3) is 5.23. The number of amides is 1. The molecule has 1 saturated heterocycles. The zero-order valence-corrected chi connectivity index (χ0v) is 19.5. The Balaban J connectivity index is 1.32. The monoisotopic (exact) mass is 465 g/mol. The highest BCUT2D eigenvalue weighted by Crippen LogP contribution is 2.20. The Kier molecular flexibility index (Phi) is 7.17. The predicted octanol–water partition coefficient (Wildman–Crippen LogP) is 2.58. The molecule has 3 heterocycles. The van der Waals surface area contributed by atoms with Crippen molar-refractivity contribution in [2.24, 2.45) is 0 Å². The Morgan fingerprint density at radius 3 is 2.41 bits per heavy atom. The smallest absolute Gasteiger partial charge is 0.339 e. The molecule has 0 radical (unpaired) electrons. The van der Waals surface area contributed by atoms with Gasteiger partial charge in [-0.05, 0) is 50.2 Å². The van der Waals surface area contributed by atoms with Crippen LogP contribution in [0.1, 0.15) is 39.4 Å². The Morgan fingerprint density at radius 1 is 1.03 bits per heavy atom. The van der Waals surface area contributed by atoms with Crippen LogP contribution in [0.4, 0.5) is 0 Å². The van der Waals surface area contributed by atoms with Gasteiger partial charge in [-0.2, -0.15) is 4.98 Å². The van der Waals surface area contributed by atoms with Crippen LogP contribution < -0.4 is 4.74 Å². The normalized spacial score (nSPS) is 14.1. The van der Waals surface area contributed by atoms with Gasteiger partial charge in [0, 0.05) is 31.7 Å². The van der Waals surface area contributed by atoms with Gasteiger partial charge in [0.05, 0.1) is 31.5 Å². The van der Waals surface area contributed by atoms with Gasteiger partial charge >= 0.3 is 5.97 Å². The molecule has 1 amide bonds. The summed E-state index contributed by atoms with van der Waals surface area (Å²) in [4.78, 5) is 37.6. The first-order valence-electron chi connectivity index (χ1n) is 11.1. The number of hydrogen-bond donors (Lipinski definition) is 0. The second-order valence-electron chi connectivity index (χ2n) is 7.86. The number of ether oxygens (including phenoxy) is 2. The van der Waals surface area contributed by atoms with Crippen LogP contribution >= 0.6 is 0 Å². The van der Waals surface area contributed by atoms with Crippen LogP contribution in [0.15, 0.2) is 40.9 Å². The van der Waals surface area contributed by atoms with Crippen LogP contribution in [0.3, 0.4) is 0 Å². The number of nitrogens with zero attached hydrogens (tertiary/aromatic N) is 5. The number of esters is 1. The van der Waals surface area contributed by atoms with Gasteiger partial charge in [0.2, 0.25) is 11.7 Å². The van der Waals surface area contributed by atoms with Gasteiger partial charge in [-0.15, -0.1) is 0 Å². The van der Waals surface area contributed by atoms with Crippen molar-refractivity contribution in [2.45, 2.75) is 20.4 Å². The molecule has 3 aromatic rings. The quantitative estimate of drug-likeness (QED) is 0.486. The molecule has 0 saturated carbocycles. The van der Waals surface area contributed by atoms with E-state index in [2.05, 4.69) is 20.0 Å². The first kappa shape index (κ1) is 23.4. The Morgan fingerprint density at radius 2 is 1.76 bits per heavy atom. The van der Waals surface area contributed by atoms with Gasteiger partial charge in [-0.1, -0.05) is 5.16 Å². The number of benzene rings is 1. The van der Waals surface area contributed by atoms with Crippen LogP contribution in [0.5, 0.6) is 5.75 Å². The molecule has 34 heavy (non-hydrogen) atoms. The molecule has 1 aliphatic rings. The molecule has 0 bridgehead atoms. The number of carbonyl (C=O) groups excluding carboxylic acids is 2. The molecule has 0 N–H and O–H groups in total. The van der Waals surface area contributed by atoms with Crippen LogP contribution in [0.25, 0.3) is 11.4 Å². The molecule has 4 rings (SSSR count). The molecule has 0 unspecified atom stereocenters. The molecule has 178 valence electrons. The number of hydrogen-bond acceptors (Lipinski definition) is 9. The number of aromatic nitrogens is 3. The number of carbonyl (C=O) groups is 2. The average molecular weight is 466 g/mol. The minimum absolute atomic E-state index is 0.155. The Bertz CT molecular complexity index is 1150. The molecule has 1 aromatic carbocycles. The lowest BCUT2D eigenvalue weighted by Crippen LogP contribution is -2.48. The number of rotatable bonds is 7. The molecule has 1 aliphatic heterocycles. The minimum atomic E-state index is -0.434. The van der Waals surface area contributed by atoms with Gasteiger partial charge in [0.1, 0.15) is 11.4 Å². The molecular formula is C24H27N5O5. The van der Waals surface area contributed by atoms with Crippen LogP contribution in [0.2, 0.25) is 0 Å². The summed E-state index contributed by atoms with van der Waals surface area (Å²) in [5.41, 5.74) is 2.02. The number of pyridine rings is 1. The lowest BCUT2D eigenvalue weighted by Gasteiger charge is -2.33. The minimum Gasteiger partial charge on any atom is -0.497 e. The maximum absolute atomic E-state index is 12.9. The number of methoxy groups -OCH3 is 1. The highest BCUT2D eigenvalue weighted by atomic mass is 16.5. The third-order valence-corrected chi connectivity index (χ3v) is 5.63. The van der Waals surface area contributed by atoms with Gasteiger partial charge in [0.25, 0.3) is 5.91 Å². The maximum atomic E-state index is 12.9. The summed E-state index contributed by atoms with van der Waals surface area (Å²) in [5.74, 6) is 1.23. The number of aryl methyl sites for hydroxylation is 1. The Hall–Kier alpha value is -3.79. The zero-order valence-electron chi connectivity index (χ0n) is 19.5. The van der Waals surface area contributed by atoms with Crippen molar-refractivity contribution in [3.63, 3.8) is 0 Å². The lowest BCUT2D eigenvalue weighted by atomic mass is 10.1. The van der Waals surface area contributed by atoms with E-state index in [1.165, 1.54) is 0 Å². The van der Waals surface area contributed by atoms with Crippen LogP contribution in [-0.2, 0) is 11.3 Å². The summed E-state index contributed by atoms with van der Waals surface area (Å²) in [6.45, 7) is 6.70. The van der Waals surface area contributed by atoms with Gasteiger partial charge in [-0.25, -0.2) is 9.78 Å². The fourth-order valence-corrected chi connectivity index (χ4v) is 3.74. The zero-order chi connectivity index (χ0) is 24.1. The SMILES string of the molecule is CCOC(=O)c1ccc(C(=O)N2CCN(Cc3nc(-c4ccc(OC)cc4)no3)CC2)nc1C. The number of piperazine rings is 1. The first-order valence-corrected chi connectivity index (χ1v) is 11.1. The van der Waals surface area contributed by atoms with E-state index in [4.69, 9.17) is 14.0 Å². The standard InChI is InChI=1S/C24H27N5O5/c1-4-33-24(31)19-9-10-20(25-16(19)2)23(30)29-13-11-28(12-14-29)15-21-26-22(27-34-21)17-5-7-18(32-3)8-6-17/h5-10H,4,11-15H2,1-3H3. The lowest BCUT2D eigenvalue weighted by molar-refractivity contribution is 0.0522. The van der Waals surface area contributed by atoms with Crippen molar-refractivity contribution in [3.8, 4) is 17.1 Å². The van der Waals surface area contributed by atoms with Crippen LogP contribution in [-0.4, -0.2) is 76.7 Å². The van der Waals surface area contributed by atoms with E-state index in [1.54, 1.807) is 38.0 Å². The second-order valence-corrected chi connectivity index (χ2v) is 7.86. The molecule has 0 aliphatic carbocycles. The molecular weight excluding hydrogens is 438 g/mol. The van der Waals surface area contributed by atoms with E-state index in [9.17, 15) is 9.59 Å². The van der Waals surface area contributed by atoms with E-state index >= 15 is 0 Å². The summed E-state index contributed by atoms with van der Waals surface area (Å²) >= 11 is 0. The summed E-state index contributed by atoms with van der Waals surface area (Å²) < 4.78 is 15.6. The highest BCUT2D eigenvalue weighted by molar-refractivity contribution is 5.95. The van der Waals surface area contributed by atoms with Crippen molar-refractivity contribution >= 4 is 11.9 Å². The molecule has 10 nitrogen and oxygen atoms in total. The topological polar surface area (TPSA) is 111 Å². The van der Waals surface area contributed by atoms with Crippen molar-refractivity contribution in [3.05, 3.63) is 59.2 Å². The largest absolute Gasteiger partial charge is 0.497 e. The second kappa shape index (κ2) is 10.4. The third-order valence-electron chi connectivity index (χ3n) is 5.63. The summed E-state index contributed by atoms with van der Waals surface area (Å²) in [6.07, 6.45) is 0. The van der Waals surface area contributed by atoms with E-state index in [1.807, 2.05) is 24.3 Å². The van der Waals surface area contributed by atoms with Crippen molar-refractivity contribution in [1.82, 2.24) is 24.9 Å². The molecule has 2 aromatic heterocycles. The fraction of sp³-hybridized carbons (Fsp3) is 0.375. The Labute approximate surface area is 197 Å². The first-order chi connectivity index (χ1) is 16.5. The van der Waals surface area contributed by atoms with Crippen molar-refractivity contribution < 1.29 is 23.6 Å². The van der Waals surface area contributed by atoms with Gasteiger partial charge in [-0.3, -0.25) is 9.69 Å². The molecule has 10 heteroatoms. The van der Waals surface area contributed by atoms with Gasteiger partial charge < -0.3 is 18.9 Å². The van der Waals surface area contributed by atoms with E-state index in [-0.39, 0.29) is 12.5 Å². The predicted molar refractivity (Wildman–Crippen MR) is 122 cm³/mol. The van der Waals surface area contributed by atoms with E-state index in [0.29, 0.717) is 61.4 Å². The van der Waals surface area contributed by atoms with E-state index in [0.717, 1.165) is 11.3 Å². The summed E-state index contributed by atoms with van der Waals surface area (Å²) in [5, 5.41) is 4.07. The molecule has 0 atom stereocenters. The molecule has 1 fully saturated rings. The van der Waals surface area contributed by atoms with E-state index < -0.39 is 5.97 Å². The fourth-order valence-electron chi connectivity index (χ4n) is 3.74. The van der Waals surface area contributed by atoms with Gasteiger partial charge in [0.15, 0.2) is 0 Å². The average Bonchev–Trinajstić information content (AvgIpc) is 3.32. The summed E-state index contributed by atoms with van der Waals surface area (Å²) in [7, 11) is 1.62. The van der Waals surface area contributed by atoms with Crippen LogP contribution in [0, 0.1) is 6.92 Å². The molecule has 0 spiro atoms. The van der Waals surface area contributed by atoms with Crippen molar-refractivity contribution in [1.29, 1.82) is 0 Å². The van der Waals surface area contributed by atoms with Crippen molar-refractivity contribution in [2.75, 3.05) is 39.9 Å². The maximum Gasteiger partial charge on any atom is 0.339 e. The summed E-state index contributed by atoms with van der Waals surface area (Å²) in [6, 6.07) is 10.6. The highest BCUT2D eigenvalue weighted by Gasteiger charge is 2.25.